The van der Waals surface area contributed by atoms with Gasteiger partial charge in [-0.25, -0.2) is 0 Å². The van der Waals surface area contributed by atoms with Gasteiger partial charge in [0.2, 0.25) is 5.91 Å². The van der Waals surface area contributed by atoms with Crippen LogP contribution >= 0.6 is 11.8 Å². The van der Waals surface area contributed by atoms with Crippen molar-refractivity contribution >= 4 is 17.7 Å². The maximum Gasteiger partial charge on any atom is 0.242 e. The first-order chi connectivity index (χ1) is 10.2. The second-order valence-corrected chi connectivity index (χ2v) is 6.61. The first-order valence-electron chi connectivity index (χ1n) is 7.50. The lowest BCUT2D eigenvalue weighted by atomic mass is 10.0. The quantitative estimate of drug-likeness (QED) is 0.839. The lowest BCUT2D eigenvalue weighted by Crippen LogP contribution is -2.46. The highest BCUT2D eigenvalue weighted by Gasteiger charge is 2.29. The summed E-state index contributed by atoms with van der Waals surface area (Å²) in [6.45, 7) is 3.90. The maximum atomic E-state index is 12.7. The normalized spacial score (nSPS) is 19.0. The molecule has 1 heterocycles. The Morgan fingerprint density at radius 3 is 2.62 bits per heavy atom. The van der Waals surface area contributed by atoms with Crippen LogP contribution in [0.5, 0.6) is 0 Å². The van der Waals surface area contributed by atoms with Crippen molar-refractivity contribution in [2.75, 3.05) is 31.2 Å². The zero-order valence-electron chi connectivity index (χ0n) is 12.5. The van der Waals surface area contributed by atoms with Gasteiger partial charge in [0.15, 0.2) is 0 Å². The lowest BCUT2D eigenvalue weighted by Gasteiger charge is -2.34. The molecule has 0 aliphatic carbocycles. The number of hydrogen-bond acceptors (Lipinski definition) is 4. The van der Waals surface area contributed by atoms with E-state index in [-0.39, 0.29) is 24.6 Å². The Labute approximate surface area is 130 Å². The summed E-state index contributed by atoms with van der Waals surface area (Å²) in [6, 6.07) is 9.72. The van der Waals surface area contributed by atoms with E-state index < -0.39 is 0 Å². The third-order valence-corrected chi connectivity index (χ3v) is 4.67. The maximum absolute atomic E-state index is 12.7. The van der Waals surface area contributed by atoms with E-state index in [1.165, 1.54) is 0 Å². The Bertz CT molecular complexity index is 435. The molecule has 0 bridgehead atoms. The zero-order chi connectivity index (χ0) is 15.1. The van der Waals surface area contributed by atoms with Crippen molar-refractivity contribution < 1.29 is 9.90 Å². The van der Waals surface area contributed by atoms with Gasteiger partial charge in [-0.05, 0) is 18.9 Å². The lowest BCUT2D eigenvalue weighted by molar-refractivity contribution is -0.127. The standard InChI is InChI=1S/C16H24N2O2S/c1-13(7-10-19)17-16(20)15(14-5-3-2-4-6-14)18-8-11-21-12-9-18/h2-6,13,15,19H,7-12H2,1H3,(H,17,20)/t13-,15?/m1/s1. The fourth-order valence-electron chi connectivity index (χ4n) is 2.59. The van der Waals surface area contributed by atoms with Gasteiger partial charge in [-0.2, -0.15) is 11.8 Å². The molecule has 2 atom stereocenters. The molecule has 1 fully saturated rings. The minimum atomic E-state index is -0.228. The number of aliphatic hydroxyl groups is 1. The molecule has 1 aliphatic rings. The number of aliphatic hydroxyl groups excluding tert-OH is 1. The Hall–Kier alpha value is -1.04. The van der Waals surface area contributed by atoms with E-state index in [0.29, 0.717) is 6.42 Å². The highest BCUT2D eigenvalue weighted by Crippen LogP contribution is 2.24. The van der Waals surface area contributed by atoms with Crippen molar-refractivity contribution in [2.45, 2.75) is 25.4 Å². The number of benzene rings is 1. The first-order valence-corrected chi connectivity index (χ1v) is 8.66. The average Bonchev–Trinajstić information content (AvgIpc) is 2.50. The van der Waals surface area contributed by atoms with Gasteiger partial charge in [0, 0.05) is 37.2 Å². The molecule has 5 heteroatoms. The SMILES string of the molecule is C[C@H](CCO)NC(=O)C(c1ccccc1)N1CCSCC1. The van der Waals surface area contributed by atoms with Crippen LogP contribution in [0.25, 0.3) is 0 Å². The molecule has 2 N–H and O–H groups in total. The van der Waals surface area contributed by atoms with Crippen LogP contribution in [0.3, 0.4) is 0 Å². The molecule has 1 amide bonds. The molecular formula is C16H24N2O2S. The van der Waals surface area contributed by atoms with Gasteiger partial charge in [0.25, 0.3) is 0 Å². The minimum absolute atomic E-state index is 0.00659. The van der Waals surface area contributed by atoms with Crippen molar-refractivity contribution in [2.24, 2.45) is 0 Å². The smallest absolute Gasteiger partial charge is 0.242 e. The molecule has 1 unspecified atom stereocenters. The molecule has 0 aromatic heterocycles. The summed E-state index contributed by atoms with van der Waals surface area (Å²) in [6.07, 6.45) is 0.586. The van der Waals surface area contributed by atoms with Crippen molar-refractivity contribution in [1.29, 1.82) is 0 Å². The molecule has 1 saturated heterocycles. The number of carbonyl (C=O) groups excluding carboxylic acids is 1. The van der Waals surface area contributed by atoms with Gasteiger partial charge in [-0.3, -0.25) is 9.69 Å². The van der Waals surface area contributed by atoms with Crippen LogP contribution in [-0.2, 0) is 4.79 Å². The summed E-state index contributed by atoms with van der Waals surface area (Å²) >= 11 is 1.94. The van der Waals surface area contributed by atoms with E-state index >= 15 is 0 Å². The average molecular weight is 308 g/mol. The number of rotatable bonds is 6. The number of thioether (sulfide) groups is 1. The number of amides is 1. The van der Waals surface area contributed by atoms with Gasteiger partial charge >= 0.3 is 0 Å². The van der Waals surface area contributed by atoms with Crippen LogP contribution in [0.15, 0.2) is 30.3 Å². The van der Waals surface area contributed by atoms with Crippen molar-refractivity contribution in [3.05, 3.63) is 35.9 Å². The van der Waals surface area contributed by atoms with Gasteiger partial charge in [-0.1, -0.05) is 30.3 Å². The molecule has 2 rings (SSSR count). The number of carbonyl (C=O) groups is 1. The molecule has 0 spiro atoms. The molecule has 0 saturated carbocycles. The Morgan fingerprint density at radius 2 is 2.00 bits per heavy atom. The predicted octanol–water partition coefficient (Wildman–Crippen LogP) is 1.66. The molecule has 1 aliphatic heterocycles. The van der Waals surface area contributed by atoms with Crippen LogP contribution in [0, 0.1) is 0 Å². The van der Waals surface area contributed by atoms with Gasteiger partial charge in [-0.15, -0.1) is 0 Å². The fourth-order valence-corrected chi connectivity index (χ4v) is 3.52. The third kappa shape index (κ3) is 4.73. The predicted molar refractivity (Wildman–Crippen MR) is 87.4 cm³/mol. The third-order valence-electron chi connectivity index (χ3n) is 3.73. The summed E-state index contributed by atoms with van der Waals surface area (Å²) in [7, 11) is 0. The van der Waals surface area contributed by atoms with Crippen LogP contribution in [0.4, 0.5) is 0 Å². The summed E-state index contributed by atoms with van der Waals surface area (Å²) in [5.41, 5.74) is 1.04. The topological polar surface area (TPSA) is 52.6 Å². The first kappa shape index (κ1) is 16.3. The van der Waals surface area contributed by atoms with Crippen LogP contribution in [-0.4, -0.2) is 53.2 Å². The summed E-state index contributed by atoms with van der Waals surface area (Å²) in [4.78, 5) is 14.9. The van der Waals surface area contributed by atoms with E-state index in [2.05, 4.69) is 10.2 Å². The Balaban J connectivity index is 2.13. The molecular weight excluding hydrogens is 284 g/mol. The Kier molecular flexibility index (Phi) is 6.54. The Morgan fingerprint density at radius 1 is 1.33 bits per heavy atom. The second kappa shape index (κ2) is 8.41. The van der Waals surface area contributed by atoms with Gasteiger partial charge in [0.1, 0.15) is 6.04 Å². The minimum Gasteiger partial charge on any atom is -0.396 e. The van der Waals surface area contributed by atoms with Crippen LogP contribution in [0.2, 0.25) is 0 Å². The number of hydrogen-bond donors (Lipinski definition) is 2. The summed E-state index contributed by atoms with van der Waals surface area (Å²) in [5, 5.41) is 12.0. The fraction of sp³-hybridized carbons (Fsp3) is 0.562. The van der Waals surface area contributed by atoms with Crippen LogP contribution in [0.1, 0.15) is 24.9 Å². The molecule has 0 radical (unpaired) electrons. The van der Waals surface area contributed by atoms with E-state index in [1.54, 1.807) is 0 Å². The molecule has 1 aromatic rings. The summed E-state index contributed by atoms with van der Waals surface area (Å²) < 4.78 is 0. The van der Waals surface area contributed by atoms with Gasteiger partial charge < -0.3 is 10.4 Å². The second-order valence-electron chi connectivity index (χ2n) is 5.38. The van der Waals surface area contributed by atoms with E-state index in [9.17, 15) is 4.79 Å². The van der Waals surface area contributed by atoms with E-state index in [1.807, 2.05) is 49.0 Å². The molecule has 116 valence electrons. The highest BCUT2D eigenvalue weighted by molar-refractivity contribution is 7.99. The highest BCUT2D eigenvalue weighted by atomic mass is 32.2. The number of nitrogens with one attached hydrogen (secondary N) is 1. The monoisotopic (exact) mass is 308 g/mol. The number of nitrogens with zero attached hydrogens (tertiary/aromatic N) is 1. The molecule has 1 aromatic carbocycles. The van der Waals surface area contributed by atoms with Crippen LogP contribution < -0.4 is 5.32 Å². The van der Waals surface area contributed by atoms with Crippen molar-refractivity contribution in [1.82, 2.24) is 10.2 Å². The van der Waals surface area contributed by atoms with E-state index in [0.717, 1.165) is 30.2 Å². The van der Waals surface area contributed by atoms with Crippen molar-refractivity contribution in [3.8, 4) is 0 Å². The van der Waals surface area contributed by atoms with E-state index in [4.69, 9.17) is 5.11 Å². The van der Waals surface area contributed by atoms with Gasteiger partial charge in [0.05, 0.1) is 0 Å². The molecule has 4 nitrogen and oxygen atoms in total. The van der Waals surface area contributed by atoms with Crippen molar-refractivity contribution in [3.63, 3.8) is 0 Å². The summed E-state index contributed by atoms with van der Waals surface area (Å²) in [5.74, 6) is 2.18. The zero-order valence-corrected chi connectivity index (χ0v) is 13.3. The largest absolute Gasteiger partial charge is 0.396 e. The molecule has 21 heavy (non-hydrogen) atoms.